The highest BCUT2D eigenvalue weighted by Crippen LogP contribution is 2.52. The van der Waals surface area contributed by atoms with Crippen molar-refractivity contribution < 1.29 is 27.9 Å². The molecular formula is C29H36Cl2N2O6S. The molecule has 0 radical (unpaired) electrons. The monoisotopic (exact) mass is 610 g/mol. The van der Waals surface area contributed by atoms with Crippen molar-refractivity contribution in [2.24, 2.45) is 10.8 Å². The number of aliphatic carboxylic acids is 1. The third kappa shape index (κ3) is 6.82. The van der Waals surface area contributed by atoms with Crippen LogP contribution in [-0.2, 0) is 24.3 Å². The minimum absolute atomic E-state index is 0.238. The molecule has 0 spiro atoms. The molecule has 4 rings (SSSR count). The second kappa shape index (κ2) is 12.0. The number of sulfonamides is 1. The first kappa shape index (κ1) is 30.8. The van der Waals surface area contributed by atoms with Gasteiger partial charge >= 0.3 is 5.97 Å². The van der Waals surface area contributed by atoms with Gasteiger partial charge in [0.25, 0.3) is 0 Å². The van der Waals surface area contributed by atoms with E-state index in [-0.39, 0.29) is 42.4 Å². The number of carboxylic acid groups (broad SMARTS) is 1. The minimum Gasteiger partial charge on any atom is -0.481 e. The molecule has 2 fully saturated rings. The predicted octanol–water partition coefficient (Wildman–Crippen LogP) is 5.27. The molecule has 2 heterocycles. The molecule has 8 nitrogen and oxygen atoms in total. The Morgan fingerprint density at radius 3 is 2.35 bits per heavy atom. The van der Waals surface area contributed by atoms with Gasteiger partial charge < -0.3 is 14.7 Å². The molecule has 4 atom stereocenters. The number of carbonyl (C=O) groups excluding carboxylic acids is 1. The van der Waals surface area contributed by atoms with Crippen LogP contribution in [0.4, 0.5) is 0 Å². The number of likely N-dealkylation sites (tertiary alicyclic amines) is 1. The summed E-state index contributed by atoms with van der Waals surface area (Å²) in [6.07, 6.45) is 0.219. The van der Waals surface area contributed by atoms with Crippen LogP contribution in [0, 0.1) is 10.8 Å². The predicted molar refractivity (Wildman–Crippen MR) is 155 cm³/mol. The second-order valence-electron chi connectivity index (χ2n) is 11.7. The average Bonchev–Trinajstić information content (AvgIpc) is 2.87. The smallest absolute Gasteiger partial charge is 0.304 e. The topological polar surface area (TPSA) is 113 Å². The Bertz CT molecular complexity index is 1350. The lowest BCUT2D eigenvalue weighted by Crippen LogP contribution is -2.58. The average molecular weight is 612 g/mol. The van der Waals surface area contributed by atoms with Gasteiger partial charge in [0.2, 0.25) is 15.9 Å². The van der Waals surface area contributed by atoms with Crippen LogP contribution in [-0.4, -0.2) is 61.9 Å². The van der Waals surface area contributed by atoms with Crippen LogP contribution in [0.1, 0.15) is 63.1 Å². The van der Waals surface area contributed by atoms with Crippen molar-refractivity contribution in [2.75, 3.05) is 25.5 Å². The van der Waals surface area contributed by atoms with Gasteiger partial charge in [0.15, 0.2) is 0 Å². The molecule has 2 aromatic rings. The summed E-state index contributed by atoms with van der Waals surface area (Å²) in [5.74, 6) is -2.14. The first-order valence-electron chi connectivity index (χ1n) is 13.4. The summed E-state index contributed by atoms with van der Waals surface area (Å²) in [6, 6.07) is 13.2. The lowest BCUT2D eigenvalue weighted by atomic mass is 9.67. The number of ether oxygens (including phenoxy) is 1. The Kier molecular flexibility index (Phi) is 9.22. The zero-order valence-corrected chi connectivity index (χ0v) is 25.2. The van der Waals surface area contributed by atoms with Crippen LogP contribution in [0.3, 0.4) is 0 Å². The van der Waals surface area contributed by atoms with Gasteiger partial charge in [-0.25, -0.2) is 13.1 Å². The number of hydrogen-bond acceptors (Lipinski definition) is 5. The Morgan fingerprint density at radius 2 is 1.80 bits per heavy atom. The van der Waals surface area contributed by atoms with Gasteiger partial charge in [0.05, 0.1) is 36.8 Å². The van der Waals surface area contributed by atoms with E-state index in [0.717, 1.165) is 11.1 Å². The molecule has 2 aliphatic heterocycles. The minimum atomic E-state index is -3.79. The summed E-state index contributed by atoms with van der Waals surface area (Å²) in [5.41, 5.74) is 0.0981. The first-order valence-corrected chi connectivity index (χ1v) is 15.8. The fraction of sp³-hybridized carbons (Fsp3) is 0.517. The van der Waals surface area contributed by atoms with Crippen molar-refractivity contribution in [3.8, 4) is 0 Å². The Balaban J connectivity index is 1.80. The first-order chi connectivity index (χ1) is 18.8. The number of carboxylic acids is 1. The fourth-order valence-corrected chi connectivity index (χ4v) is 7.74. The highest BCUT2D eigenvalue weighted by atomic mass is 35.5. The number of rotatable bonds is 11. The molecule has 2 aliphatic rings. The van der Waals surface area contributed by atoms with E-state index >= 15 is 0 Å². The molecule has 2 aromatic carbocycles. The maximum atomic E-state index is 14.3. The standard InChI is InChI=1S/C29H36Cl2N2O6S/c1-4-23(15-40(37,38)32-16-28(2)17-39-18-28)33-26(19-8-10-21(30)11-9-19)24(20-6-5-7-22(31)12-20)13-29(3,27(33)36)14-25(34)35/h5-12,23-24,26,32H,4,13-18H2,1-3H3,(H,34,35)/t23-,24+,26+,29+/m0/s1. The van der Waals surface area contributed by atoms with Crippen LogP contribution in [0.25, 0.3) is 0 Å². The maximum Gasteiger partial charge on any atom is 0.304 e. The normalized spacial score (nSPS) is 25.3. The summed E-state index contributed by atoms with van der Waals surface area (Å²) in [7, 11) is -3.79. The Morgan fingerprint density at radius 1 is 1.12 bits per heavy atom. The van der Waals surface area contributed by atoms with E-state index in [9.17, 15) is 23.1 Å². The Hall–Kier alpha value is -2.17. The van der Waals surface area contributed by atoms with Crippen molar-refractivity contribution in [3.05, 3.63) is 69.7 Å². The number of piperidine rings is 1. The number of hydrogen-bond donors (Lipinski definition) is 2. The Labute approximate surface area is 246 Å². The van der Waals surface area contributed by atoms with Gasteiger partial charge in [-0.3, -0.25) is 9.59 Å². The van der Waals surface area contributed by atoms with Crippen molar-refractivity contribution in [3.63, 3.8) is 0 Å². The molecule has 1 amide bonds. The van der Waals surface area contributed by atoms with E-state index in [0.29, 0.717) is 29.7 Å². The number of nitrogens with zero attached hydrogens (tertiary/aromatic N) is 1. The van der Waals surface area contributed by atoms with Crippen molar-refractivity contribution >= 4 is 45.1 Å². The van der Waals surface area contributed by atoms with Gasteiger partial charge in [-0.15, -0.1) is 0 Å². The van der Waals surface area contributed by atoms with E-state index in [4.69, 9.17) is 27.9 Å². The summed E-state index contributed by atoms with van der Waals surface area (Å²) < 4.78 is 34.6. The molecule has 218 valence electrons. The van der Waals surface area contributed by atoms with E-state index in [1.807, 2.05) is 44.2 Å². The third-order valence-electron chi connectivity index (χ3n) is 8.03. The number of nitrogens with one attached hydrogen (secondary N) is 1. The second-order valence-corrected chi connectivity index (χ2v) is 14.4. The van der Waals surface area contributed by atoms with Crippen LogP contribution >= 0.6 is 23.2 Å². The van der Waals surface area contributed by atoms with Gasteiger partial charge in [-0.05, 0) is 48.2 Å². The maximum absolute atomic E-state index is 14.3. The van der Waals surface area contributed by atoms with Gasteiger partial charge in [0.1, 0.15) is 0 Å². The highest BCUT2D eigenvalue weighted by molar-refractivity contribution is 7.89. The molecule has 2 saturated heterocycles. The third-order valence-corrected chi connectivity index (χ3v) is 9.92. The van der Waals surface area contributed by atoms with Crippen molar-refractivity contribution in [1.29, 1.82) is 0 Å². The summed E-state index contributed by atoms with van der Waals surface area (Å²) in [6.45, 7) is 6.64. The van der Waals surface area contributed by atoms with Crippen LogP contribution in [0.15, 0.2) is 48.5 Å². The van der Waals surface area contributed by atoms with Gasteiger partial charge in [-0.1, -0.05) is 68.2 Å². The van der Waals surface area contributed by atoms with Gasteiger partial charge in [0, 0.05) is 34.0 Å². The van der Waals surface area contributed by atoms with Crippen LogP contribution in [0.2, 0.25) is 10.0 Å². The largest absolute Gasteiger partial charge is 0.481 e. The van der Waals surface area contributed by atoms with E-state index < -0.39 is 33.5 Å². The van der Waals surface area contributed by atoms with E-state index in [2.05, 4.69) is 4.72 Å². The number of amides is 1. The lowest BCUT2D eigenvalue weighted by Gasteiger charge is -2.51. The molecular weight excluding hydrogens is 575 g/mol. The van der Waals surface area contributed by atoms with E-state index in [1.54, 1.807) is 30.0 Å². The molecule has 0 unspecified atom stereocenters. The fourth-order valence-electron chi connectivity index (χ4n) is 5.82. The number of benzene rings is 2. The van der Waals surface area contributed by atoms with Crippen LogP contribution in [0.5, 0.6) is 0 Å². The molecule has 11 heteroatoms. The molecule has 0 saturated carbocycles. The molecule has 2 N–H and O–H groups in total. The molecule has 0 aromatic heterocycles. The molecule has 0 aliphatic carbocycles. The van der Waals surface area contributed by atoms with E-state index in [1.165, 1.54) is 0 Å². The summed E-state index contributed by atoms with van der Waals surface area (Å²) in [4.78, 5) is 27.9. The molecule has 0 bridgehead atoms. The summed E-state index contributed by atoms with van der Waals surface area (Å²) >= 11 is 12.6. The zero-order chi connectivity index (χ0) is 29.3. The molecule has 40 heavy (non-hydrogen) atoms. The zero-order valence-electron chi connectivity index (χ0n) is 22.9. The van der Waals surface area contributed by atoms with Gasteiger partial charge in [-0.2, -0.15) is 0 Å². The summed E-state index contributed by atoms with van der Waals surface area (Å²) in [5, 5.41) is 10.8. The lowest BCUT2D eigenvalue weighted by molar-refractivity contribution is -0.160. The highest BCUT2D eigenvalue weighted by Gasteiger charge is 2.52. The van der Waals surface area contributed by atoms with Crippen molar-refractivity contribution in [1.82, 2.24) is 9.62 Å². The SMILES string of the molecule is CC[C@@H](CS(=O)(=O)NCC1(C)COC1)N1C(=O)[C@@](C)(CC(=O)O)C[C@H](c2cccc(Cl)c2)[C@H]1c1ccc(Cl)cc1. The number of carbonyl (C=O) groups is 2. The van der Waals surface area contributed by atoms with Crippen molar-refractivity contribution in [2.45, 2.75) is 58.0 Å². The number of halogens is 2. The van der Waals surface area contributed by atoms with Crippen LogP contribution < -0.4 is 4.72 Å². The quantitative estimate of drug-likeness (QED) is 0.358.